The predicted molar refractivity (Wildman–Crippen MR) is 113 cm³/mol. The van der Waals surface area contributed by atoms with Gasteiger partial charge < -0.3 is 10.1 Å². The van der Waals surface area contributed by atoms with Gasteiger partial charge in [-0.1, -0.05) is 12.1 Å². The highest BCUT2D eigenvalue weighted by Crippen LogP contribution is 2.29. The zero-order valence-corrected chi connectivity index (χ0v) is 17.5. The topological polar surface area (TPSA) is 61.9 Å². The number of carbonyl (C=O) groups excluding carboxylic acids is 2. The highest BCUT2D eigenvalue weighted by Gasteiger charge is 2.26. The van der Waals surface area contributed by atoms with Gasteiger partial charge in [0.1, 0.15) is 0 Å². The van der Waals surface area contributed by atoms with Crippen LogP contribution in [0.4, 0.5) is 5.69 Å². The molecule has 0 spiro atoms. The molecule has 1 aliphatic heterocycles. The van der Waals surface area contributed by atoms with E-state index in [-0.39, 0.29) is 25.0 Å². The zero-order chi connectivity index (χ0) is 19.8. The highest BCUT2D eigenvalue weighted by atomic mass is 32.2. The van der Waals surface area contributed by atoms with Crippen LogP contribution in [0.15, 0.2) is 24.3 Å². The summed E-state index contributed by atoms with van der Waals surface area (Å²) in [6.07, 6.45) is 2.36. The summed E-state index contributed by atoms with van der Waals surface area (Å²) >= 11 is 2.01. The average Bonchev–Trinajstić information content (AvgIpc) is 3.47. The van der Waals surface area contributed by atoms with Gasteiger partial charge >= 0.3 is 5.97 Å². The van der Waals surface area contributed by atoms with E-state index >= 15 is 0 Å². The fourth-order valence-corrected chi connectivity index (χ4v) is 4.39. The lowest BCUT2D eigenvalue weighted by atomic mass is 10.2. The molecule has 1 saturated carbocycles. The molecule has 3 rings (SSSR count). The van der Waals surface area contributed by atoms with Crippen molar-refractivity contribution in [1.29, 1.82) is 0 Å². The lowest BCUT2D eigenvalue weighted by molar-refractivity contribution is -0.144. The predicted octanol–water partition coefficient (Wildman–Crippen LogP) is 2.45. The van der Waals surface area contributed by atoms with Crippen molar-refractivity contribution in [3.05, 3.63) is 29.8 Å². The van der Waals surface area contributed by atoms with Crippen molar-refractivity contribution in [3.8, 4) is 0 Å². The van der Waals surface area contributed by atoms with Crippen LogP contribution in [-0.2, 0) is 20.9 Å². The Kier molecular flexibility index (Phi) is 8.18. The Hall–Kier alpha value is -1.57. The zero-order valence-electron chi connectivity index (χ0n) is 16.7. The summed E-state index contributed by atoms with van der Waals surface area (Å²) in [4.78, 5) is 28.7. The number of esters is 1. The minimum atomic E-state index is -0.266. The molecule has 1 aromatic rings. The van der Waals surface area contributed by atoms with Crippen molar-refractivity contribution in [1.82, 2.24) is 9.80 Å². The minimum absolute atomic E-state index is 0.0866. The SMILES string of the molecule is CCOC(=O)CN(CC(=O)Nc1cccc(CN2CCSCC2)c1)CC1CC1. The number of rotatable bonds is 10. The molecule has 0 aromatic heterocycles. The van der Waals surface area contributed by atoms with Crippen LogP contribution >= 0.6 is 11.8 Å². The van der Waals surface area contributed by atoms with E-state index in [0.717, 1.165) is 31.9 Å². The Balaban J connectivity index is 1.51. The molecule has 1 saturated heterocycles. The van der Waals surface area contributed by atoms with E-state index in [1.807, 2.05) is 28.8 Å². The highest BCUT2D eigenvalue weighted by molar-refractivity contribution is 7.99. The second kappa shape index (κ2) is 10.8. The number of thioether (sulfide) groups is 1. The number of carbonyl (C=O) groups is 2. The number of amides is 1. The van der Waals surface area contributed by atoms with Crippen molar-refractivity contribution in [3.63, 3.8) is 0 Å². The lowest BCUT2D eigenvalue weighted by Gasteiger charge is -2.26. The van der Waals surface area contributed by atoms with E-state index in [4.69, 9.17) is 4.74 Å². The smallest absolute Gasteiger partial charge is 0.320 e. The number of nitrogens with zero attached hydrogens (tertiary/aromatic N) is 2. The third kappa shape index (κ3) is 7.45. The molecular weight excluding hydrogens is 374 g/mol. The molecule has 154 valence electrons. The quantitative estimate of drug-likeness (QED) is 0.604. The van der Waals surface area contributed by atoms with Gasteiger partial charge in [0, 0.05) is 43.4 Å². The summed E-state index contributed by atoms with van der Waals surface area (Å²) in [5, 5.41) is 2.99. The van der Waals surface area contributed by atoms with E-state index in [0.29, 0.717) is 12.5 Å². The lowest BCUT2D eigenvalue weighted by Crippen LogP contribution is -2.38. The largest absolute Gasteiger partial charge is 0.465 e. The third-order valence-electron chi connectivity index (χ3n) is 4.96. The van der Waals surface area contributed by atoms with Gasteiger partial charge in [-0.25, -0.2) is 0 Å². The van der Waals surface area contributed by atoms with Crippen LogP contribution in [0.5, 0.6) is 0 Å². The van der Waals surface area contributed by atoms with Crippen molar-refractivity contribution in [2.45, 2.75) is 26.3 Å². The second-order valence-corrected chi connectivity index (χ2v) is 8.78. The Morgan fingerprint density at radius 1 is 1.25 bits per heavy atom. The first-order valence-electron chi connectivity index (χ1n) is 10.2. The van der Waals surface area contributed by atoms with Crippen LogP contribution in [0.25, 0.3) is 0 Å². The fourth-order valence-electron chi connectivity index (χ4n) is 3.41. The Morgan fingerprint density at radius 3 is 2.75 bits per heavy atom. The molecule has 0 unspecified atom stereocenters. The van der Waals surface area contributed by atoms with E-state index in [1.54, 1.807) is 6.92 Å². The van der Waals surface area contributed by atoms with Gasteiger partial charge in [-0.15, -0.1) is 0 Å². The Bertz CT molecular complexity index is 660. The van der Waals surface area contributed by atoms with Crippen LogP contribution in [-0.4, -0.2) is 72.5 Å². The monoisotopic (exact) mass is 405 g/mol. The second-order valence-electron chi connectivity index (χ2n) is 7.56. The van der Waals surface area contributed by atoms with Crippen LogP contribution in [0.1, 0.15) is 25.3 Å². The molecule has 1 aliphatic carbocycles. The van der Waals surface area contributed by atoms with Gasteiger partial charge in [-0.3, -0.25) is 19.4 Å². The summed E-state index contributed by atoms with van der Waals surface area (Å²) < 4.78 is 5.04. The van der Waals surface area contributed by atoms with Gasteiger partial charge in [0.25, 0.3) is 0 Å². The molecular formula is C21H31N3O3S. The molecule has 2 aliphatic rings. The molecule has 1 N–H and O–H groups in total. The minimum Gasteiger partial charge on any atom is -0.465 e. The molecule has 6 nitrogen and oxygen atoms in total. The Morgan fingerprint density at radius 2 is 2.04 bits per heavy atom. The standard InChI is InChI=1S/C21H31N3O3S/c1-2-27-21(26)16-24(13-17-6-7-17)15-20(25)22-19-5-3-4-18(12-19)14-23-8-10-28-11-9-23/h3-5,12,17H,2,6-11,13-16H2,1H3,(H,22,25). The van der Waals surface area contributed by atoms with Gasteiger partial charge in [-0.2, -0.15) is 11.8 Å². The van der Waals surface area contributed by atoms with E-state index < -0.39 is 0 Å². The maximum Gasteiger partial charge on any atom is 0.320 e. The van der Waals surface area contributed by atoms with Crippen LogP contribution < -0.4 is 5.32 Å². The van der Waals surface area contributed by atoms with Crippen molar-refractivity contribution < 1.29 is 14.3 Å². The van der Waals surface area contributed by atoms with Crippen LogP contribution in [0, 0.1) is 5.92 Å². The first kappa shape index (κ1) is 21.1. The normalized spacial score (nSPS) is 17.5. The van der Waals surface area contributed by atoms with Gasteiger partial charge in [0.15, 0.2) is 0 Å². The number of nitrogens with one attached hydrogen (secondary N) is 1. The number of hydrogen-bond acceptors (Lipinski definition) is 6. The van der Waals surface area contributed by atoms with Crippen molar-refractivity contribution in [2.75, 3.05) is 56.2 Å². The molecule has 1 amide bonds. The summed E-state index contributed by atoms with van der Waals surface area (Å²) in [5.74, 6) is 2.63. The average molecular weight is 406 g/mol. The number of anilines is 1. The molecule has 7 heteroatoms. The molecule has 2 fully saturated rings. The molecule has 1 aromatic carbocycles. The number of ether oxygens (including phenoxy) is 1. The molecule has 0 atom stereocenters. The third-order valence-corrected chi connectivity index (χ3v) is 5.90. The van der Waals surface area contributed by atoms with Gasteiger partial charge in [0.05, 0.1) is 19.7 Å². The van der Waals surface area contributed by atoms with Crippen molar-refractivity contribution in [2.24, 2.45) is 5.92 Å². The first-order valence-corrected chi connectivity index (χ1v) is 11.3. The van der Waals surface area contributed by atoms with Gasteiger partial charge in [0.2, 0.25) is 5.91 Å². The van der Waals surface area contributed by atoms with E-state index in [1.165, 1.54) is 29.9 Å². The van der Waals surface area contributed by atoms with Crippen LogP contribution in [0.2, 0.25) is 0 Å². The first-order chi connectivity index (χ1) is 13.6. The summed E-state index contributed by atoms with van der Waals surface area (Å²) in [7, 11) is 0. The fraction of sp³-hybridized carbons (Fsp3) is 0.619. The molecule has 0 bridgehead atoms. The van der Waals surface area contributed by atoms with E-state index in [9.17, 15) is 9.59 Å². The Labute approximate surface area is 172 Å². The number of benzene rings is 1. The summed E-state index contributed by atoms with van der Waals surface area (Å²) in [6, 6.07) is 8.07. The van der Waals surface area contributed by atoms with E-state index in [2.05, 4.69) is 22.3 Å². The van der Waals surface area contributed by atoms with Crippen LogP contribution in [0.3, 0.4) is 0 Å². The molecule has 28 heavy (non-hydrogen) atoms. The summed E-state index contributed by atoms with van der Waals surface area (Å²) in [5.41, 5.74) is 2.03. The summed E-state index contributed by atoms with van der Waals surface area (Å²) in [6.45, 7) is 6.47. The number of hydrogen-bond donors (Lipinski definition) is 1. The maximum atomic E-state index is 12.5. The molecule has 1 heterocycles. The van der Waals surface area contributed by atoms with Gasteiger partial charge in [-0.05, 0) is 43.4 Å². The van der Waals surface area contributed by atoms with Crippen molar-refractivity contribution >= 4 is 29.3 Å². The molecule has 0 radical (unpaired) electrons. The maximum absolute atomic E-state index is 12.5.